The van der Waals surface area contributed by atoms with Gasteiger partial charge in [-0.25, -0.2) is 8.70 Å². The van der Waals surface area contributed by atoms with Crippen LogP contribution in [0.5, 0.6) is 0 Å². The standard InChI is InChI=1S/C4H8FNOS/c5-4-1-2-6(3-4)8-7/h4,7H,1-3H2/t4-/m1/s1. The summed E-state index contributed by atoms with van der Waals surface area (Å²) >= 11 is 0.629. The summed E-state index contributed by atoms with van der Waals surface area (Å²) in [4.78, 5) is 0. The summed E-state index contributed by atoms with van der Waals surface area (Å²) in [6.45, 7) is 1.05. The highest BCUT2D eigenvalue weighted by atomic mass is 32.2. The molecule has 0 unspecified atom stereocenters. The van der Waals surface area contributed by atoms with Crippen LogP contribution in [0, 0.1) is 0 Å². The van der Waals surface area contributed by atoms with E-state index in [1.807, 2.05) is 0 Å². The molecule has 0 aromatic heterocycles. The van der Waals surface area contributed by atoms with Gasteiger partial charge in [0.15, 0.2) is 0 Å². The lowest BCUT2D eigenvalue weighted by Crippen LogP contribution is -2.11. The third-order valence-corrected chi connectivity index (χ3v) is 1.77. The minimum absolute atomic E-state index is 0.376. The summed E-state index contributed by atoms with van der Waals surface area (Å²) in [5, 5.41) is 0. The Kier molecular flexibility index (Phi) is 2.10. The molecule has 8 heavy (non-hydrogen) atoms. The highest BCUT2D eigenvalue weighted by Gasteiger charge is 2.21. The fourth-order valence-electron chi connectivity index (χ4n) is 0.762. The molecule has 0 amide bonds. The summed E-state index contributed by atoms with van der Waals surface area (Å²) < 4.78 is 22.2. The van der Waals surface area contributed by atoms with Gasteiger partial charge in [-0.3, -0.25) is 0 Å². The van der Waals surface area contributed by atoms with Crippen molar-refractivity contribution in [3.05, 3.63) is 0 Å². The molecule has 1 aliphatic heterocycles. The van der Waals surface area contributed by atoms with Gasteiger partial charge in [-0.15, -0.1) is 0 Å². The smallest absolute Gasteiger partial charge is 0.115 e. The number of nitrogens with zero attached hydrogens (tertiary/aromatic N) is 1. The second kappa shape index (κ2) is 2.66. The lowest BCUT2D eigenvalue weighted by atomic mass is 10.4. The van der Waals surface area contributed by atoms with Crippen molar-refractivity contribution in [2.45, 2.75) is 12.6 Å². The van der Waals surface area contributed by atoms with Gasteiger partial charge in [0.1, 0.15) is 6.17 Å². The highest BCUT2D eigenvalue weighted by Crippen LogP contribution is 2.17. The van der Waals surface area contributed by atoms with Crippen LogP contribution in [0.1, 0.15) is 6.42 Å². The summed E-state index contributed by atoms with van der Waals surface area (Å²) in [5.74, 6) is 0. The van der Waals surface area contributed by atoms with E-state index in [9.17, 15) is 4.39 Å². The molecule has 1 aliphatic rings. The van der Waals surface area contributed by atoms with E-state index in [-0.39, 0.29) is 0 Å². The molecule has 2 nitrogen and oxygen atoms in total. The average Bonchev–Trinajstić information content (AvgIpc) is 2.14. The van der Waals surface area contributed by atoms with E-state index in [0.717, 1.165) is 0 Å². The first-order chi connectivity index (χ1) is 3.83. The fraction of sp³-hybridized carbons (Fsp3) is 1.00. The maximum atomic E-state index is 12.2. The van der Waals surface area contributed by atoms with Crippen molar-refractivity contribution < 1.29 is 8.94 Å². The van der Waals surface area contributed by atoms with Crippen LogP contribution in [0.2, 0.25) is 0 Å². The van der Waals surface area contributed by atoms with Crippen LogP contribution in [-0.2, 0) is 0 Å². The quantitative estimate of drug-likeness (QED) is 0.433. The first-order valence-corrected chi connectivity index (χ1v) is 3.26. The summed E-state index contributed by atoms with van der Waals surface area (Å²) in [5.41, 5.74) is 0. The Hall–Kier alpha value is 0.200. The molecule has 0 aromatic rings. The van der Waals surface area contributed by atoms with Gasteiger partial charge in [0.25, 0.3) is 0 Å². The Morgan fingerprint density at radius 3 is 2.75 bits per heavy atom. The fourth-order valence-corrected chi connectivity index (χ4v) is 1.18. The minimum atomic E-state index is -0.727. The predicted octanol–water partition coefficient (Wildman–Crippen LogP) is 1.15. The van der Waals surface area contributed by atoms with Crippen LogP contribution in [0.4, 0.5) is 4.39 Å². The Balaban J connectivity index is 2.22. The Morgan fingerprint density at radius 2 is 2.50 bits per heavy atom. The number of hydrogen-bond donors (Lipinski definition) is 1. The number of alkyl halides is 1. The van der Waals surface area contributed by atoms with Gasteiger partial charge >= 0.3 is 0 Å². The molecular formula is C4H8FNOS. The molecular weight excluding hydrogens is 129 g/mol. The molecule has 1 fully saturated rings. The summed E-state index contributed by atoms with van der Waals surface area (Å²) in [6.07, 6.45) is -0.164. The monoisotopic (exact) mass is 137 g/mol. The van der Waals surface area contributed by atoms with Crippen LogP contribution in [0.25, 0.3) is 0 Å². The maximum Gasteiger partial charge on any atom is 0.115 e. The second-order valence-corrected chi connectivity index (χ2v) is 2.54. The molecule has 1 N–H and O–H groups in total. The Bertz CT molecular complexity index is 82.4. The highest BCUT2D eigenvalue weighted by molar-refractivity contribution is 7.91. The molecule has 4 heteroatoms. The van der Waals surface area contributed by atoms with E-state index in [1.54, 1.807) is 4.31 Å². The molecule has 0 aromatic carbocycles. The predicted molar refractivity (Wildman–Crippen MR) is 31.3 cm³/mol. The molecule has 1 heterocycles. The molecule has 48 valence electrons. The summed E-state index contributed by atoms with van der Waals surface area (Å²) in [6, 6.07) is 0. The lowest BCUT2D eigenvalue weighted by molar-refractivity contribution is 0.346. The van der Waals surface area contributed by atoms with E-state index >= 15 is 0 Å². The molecule has 0 spiro atoms. The van der Waals surface area contributed by atoms with Gasteiger partial charge in [-0.1, -0.05) is 0 Å². The van der Waals surface area contributed by atoms with Gasteiger partial charge in [-0.2, -0.15) is 0 Å². The first-order valence-electron chi connectivity index (χ1n) is 2.53. The van der Waals surface area contributed by atoms with Crippen molar-refractivity contribution in [2.75, 3.05) is 13.1 Å². The Labute approximate surface area is 52.0 Å². The van der Waals surface area contributed by atoms with E-state index in [0.29, 0.717) is 31.7 Å². The van der Waals surface area contributed by atoms with Gasteiger partial charge < -0.3 is 4.55 Å². The SMILES string of the molecule is OSN1CC[C@@H](F)C1. The zero-order valence-electron chi connectivity index (χ0n) is 4.38. The lowest BCUT2D eigenvalue weighted by Gasteiger charge is -2.04. The zero-order chi connectivity index (χ0) is 5.98. The second-order valence-electron chi connectivity index (χ2n) is 1.86. The molecule has 1 atom stereocenters. The van der Waals surface area contributed by atoms with Crippen molar-refractivity contribution >= 4 is 12.2 Å². The molecule has 1 saturated heterocycles. The molecule has 0 aliphatic carbocycles. The molecule has 0 saturated carbocycles. The number of halogens is 1. The van der Waals surface area contributed by atoms with Crippen LogP contribution < -0.4 is 0 Å². The molecule has 0 radical (unpaired) electrons. The maximum absolute atomic E-state index is 12.2. The Morgan fingerprint density at radius 1 is 1.75 bits per heavy atom. The van der Waals surface area contributed by atoms with Crippen molar-refractivity contribution in [2.24, 2.45) is 0 Å². The number of hydrogen-bond acceptors (Lipinski definition) is 3. The molecule has 0 bridgehead atoms. The van der Waals surface area contributed by atoms with Crippen molar-refractivity contribution in [3.8, 4) is 0 Å². The van der Waals surface area contributed by atoms with E-state index in [1.165, 1.54) is 0 Å². The summed E-state index contributed by atoms with van der Waals surface area (Å²) in [7, 11) is 0. The third kappa shape index (κ3) is 1.34. The van der Waals surface area contributed by atoms with E-state index < -0.39 is 6.17 Å². The minimum Gasteiger partial charge on any atom is -0.317 e. The van der Waals surface area contributed by atoms with Crippen LogP contribution >= 0.6 is 12.2 Å². The van der Waals surface area contributed by atoms with Gasteiger partial charge in [-0.05, 0) is 6.42 Å². The van der Waals surface area contributed by atoms with Gasteiger partial charge in [0.05, 0.1) is 12.2 Å². The van der Waals surface area contributed by atoms with Crippen molar-refractivity contribution in [3.63, 3.8) is 0 Å². The van der Waals surface area contributed by atoms with E-state index in [4.69, 9.17) is 4.55 Å². The van der Waals surface area contributed by atoms with Gasteiger partial charge in [0, 0.05) is 13.1 Å². The average molecular weight is 137 g/mol. The van der Waals surface area contributed by atoms with Crippen LogP contribution in [0.15, 0.2) is 0 Å². The van der Waals surface area contributed by atoms with Crippen molar-refractivity contribution in [1.82, 2.24) is 4.31 Å². The topological polar surface area (TPSA) is 23.5 Å². The van der Waals surface area contributed by atoms with E-state index in [2.05, 4.69) is 0 Å². The number of rotatable bonds is 1. The molecule has 1 rings (SSSR count). The van der Waals surface area contributed by atoms with Crippen LogP contribution in [0.3, 0.4) is 0 Å². The van der Waals surface area contributed by atoms with Crippen LogP contribution in [-0.4, -0.2) is 28.1 Å². The normalized spacial score (nSPS) is 31.5. The zero-order valence-corrected chi connectivity index (χ0v) is 5.20. The third-order valence-electron chi connectivity index (χ3n) is 1.21. The van der Waals surface area contributed by atoms with Gasteiger partial charge in [0.2, 0.25) is 0 Å². The van der Waals surface area contributed by atoms with Crippen molar-refractivity contribution in [1.29, 1.82) is 0 Å². The first kappa shape index (κ1) is 6.32. The largest absolute Gasteiger partial charge is 0.317 e.